The van der Waals surface area contributed by atoms with E-state index in [1.165, 1.54) is 0 Å². The molecule has 0 radical (unpaired) electrons. The van der Waals surface area contributed by atoms with Gasteiger partial charge in [-0.05, 0) is 30.5 Å². The zero-order chi connectivity index (χ0) is 16.4. The highest BCUT2D eigenvalue weighted by atomic mass is 16.2. The first-order valence-corrected chi connectivity index (χ1v) is 8.26. The molecule has 0 bridgehead atoms. The van der Waals surface area contributed by atoms with Crippen LogP contribution in [0.4, 0.5) is 5.69 Å². The number of hydrogen-bond donors (Lipinski definition) is 2. The molecule has 2 amide bonds. The smallest absolute Gasteiger partial charge is 0.240 e. The Kier molecular flexibility index (Phi) is 4.20. The lowest BCUT2D eigenvalue weighted by Gasteiger charge is -2.22. The fourth-order valence-electron chi connectivity index (χ4n) is 3.39. The van der Waals surface area contributed by atoms with Crippen molar-refractivity contribution >= 4 is 23.2 Å². The second-order valence-electron chi connectivity index (χ2n) is 6.94. The first kappa shape index (κ1) is 15.7. The van der Waals surface area contributed by atoms with Crippen molar-refractivity contribution < 1.29 is 9.59 Å². The molecule has 122 valence electrons. The largest absolute Gasteiger partial charge is 0.326 e. The van der Waals surface area contributed by atoms with Gasteiger partial charge in [-0.2, -0.15) is 5.10 Å². The van der Waals surface area contributed by atoms with E-state index in [1.54, 1.807) is 0 Å². The molecule has 2 N–H and O–H groups in total. The molecule has 23 heavy (non-hydrogen) atoms. The highest BCUT2D eigenvalue weighted by molar-refractivity contribution is 6.06. The van der Waals surface area contributed by atoms with Crippen molar-refractivity contribution in [2.75, 3.05) is 5.32 Å². The summed E-state index contributed by atoms with van der Waals surface area (Å²) in [5.74, 6) is 0.162. The molecule has 5 heteroatoms. The molecule has 1 aromatic carbocycles. The molecule has 5 nitrogen and oxygen atoms in total. The summed E-state index contributed by atoms with van der Waals surface area (Å²) in [6.07, 6.45) is 4.64. The van der Waals surface area contributed by atoms with Crippen molar-refractivity contribution in [2.45, 2.75) is 46.0 Å². The van der Waals surface area contributed by atoms with Gasteiger partial charge in [-0.25, -0.2) is 5.43 Å². The minimum Gasteiger partial charge on any atom is -0.326 e. The van der Waals surface area contributed by atoms with E-state index in [0.717, 1.165) is 42.6 Å². The molecule has 0 saturated heterocycles. The molecular formula is C18H23N3O2. The van der Waals surface area contributed by atoms with Gasteiger partial charge in [0, 0.05) is 23.4 Å². The number of nitrogens with one attached hydrogen (secondary N) is 2. The van der Waals surface area contributed by atoms with Gasteiger partial charge in [0.1, 0.15) is 0 Å². The molecule has 1 unspecified atom stereocenters. The lowest BCUT2D eigenvalue weighted by atomic mass is 9.87. The van der Waals surface area contributed by atoms with E-state index in [-0.39, 0.29) is 23.1 Å². The Morgan fingerprint density at radius 1 is 1.26 bits per heavy atom. The summed E-state index contributed by atoms with van der Waals surface area (Å²) in [4.78, 5) is 23.7. The van der Waals surface area contributed by atoms with E-state index < -0.39 is 0 Å². The number of benzene rings is 1. The van der Waals surface area contributed by atoms with Crippen LogP contribution < -0.4 is 10.7 Å². The molecule has 0 aromatic heterocycles. The van der Waals surface area contributed by atoms with E-state index >= 15 is 0 Å². The van der Waals surface area contributed by atoms with Crippen LogP contribution in [-0.2, 0) is 9.59 Å². The fraction of sp³-hybridized carbons (Fsp3) is 0.500. The Labute approximate surface area is 136 Å². The Bertz CT molecular complexity index is 643. The van der Waals surface area contributed by atoms with Gasteiger partial charge >= 0.3 is 0 Å². The zero-order valence-electron chi connectivity index (χ0n) is 13.7. The normalized spacial score (nSPS) is 23.1. The summed E-state index contributed by atoms with van der Waals surface area (Å²) in [5, 5.41) is 7.18. The predicted molar refractivity (Wildman–Crippen MR) is 90.1 cm³/mol. The van der Waals surface area contributed by atoms with Gasteiger partial charge in [0.05, 0.1) is 5.71 Å². The van der Waals surface area contributed by atoms with E-state index in [0.29, 0.717) is 6.42 Å². The van der Waals surface area contributed by atoms with Crippen LogP contribution in [0.3, 0.4) is 0 Å². The highest BCUT2D eigenvalue weighted by Crippen LogP contribution is 2.38. The molecule has 1 aliphatic heterocycles. The van der Waals surface area contributed by atoms with E-state index in [2.05, 4.69) is 15.8 Å². The lowest BCUT2D eigenvalue weighted by molar-refractivity contribution is -0.124. The van der Waals surface area contributed by atoms with Crippen LogP contribution in [0.2, 0.25) is 0 Å². The van der Waals surface area contributed by atoms with Gasteiger partial charge in [0.25, 0.3) is 0 Å². The lowest BCUT2D eigenvalue weighted by Crippen LogP contribution is -2.32. The van der Waals surface area contributed by atoms with Gasteiger partial charge in [-0.15, -0.1) is 0 Å². The monoisotopic (exact) mass is 313 g/mol. The van der Waals surface area contributed by atoms with Crippen LogP contribution in [0.25, 0.3) is 0 Å². The Hall–Kier alpha value is -2.17. The van der Waals surface area contributed by atoms with E-state index in [4.69, 9.17) is 0 Å². The summed E-state index contributed by atoms with van der Waals surface area (Å²) in [6.45, 7) is 4.04. The third-order valence-corrected chi connectivity index (χ3v) is 4.95. The van der Waals surface area contributed by atoms with Crippen molar-refractivity contribution in [3.8, 4) is 0 Å². The highest BCUT2D eigenvalue weighted by Gasteiger charge is 2.36. The molecular weight excluding hydrogens is 290 g/mol. The second-order valence-corrected chi connectivity index (χ2v) is 6.94. The number of hydrazone groups is 1. The molecule has 2 aliphatic rings. The van der Waals surface area contributed by atoms with Crippen LogP contribution in [0.5, 0.6) is 0 Å². The number of nitrogens with zero attached hydrogens (tertiary/aromatic N) is 1. The van der Waals surface area contributed by atoms with Gasteiger partial charge in [0.15, 0.2) is 0 Å². The van der Waals surface area contributed by atoms with Crippen LogP contribution in [0.15, 0.2) is 29.4 Å². The third kappa shape index (κ3) is 3.28. The maximum atomic E-state index is 12.4. The summed E-state index contributed by atoms with van der Waals surface area (Å²) in [6, 6.07) is 7.69. The predicted octanol–water partition coefficient (Wildman–Crippen LogP) is 3.07. The summed E-state index contributed by atoms with van der Waals surface area (Å²) in [7, 11) is 0. The van der Waals surface area contributed by atoms with Crippen LogP contribution in [0.1, 0.15) is 51.5 Å². The molecule has 1 atom stereocenters. The van der Waals surface area contributed by atoms with Crippen molar-refractivity contribution in [3.63, 3.8) is 0 Å². The Morgan fingerprint density at radius 3 is 2.52 bits per heavy atom. The summed E-state index contributed by atoms with van der Waals surface area (Å²) >= 11 is 0. The van der Waals surface area contributed by atoms with Crippen LogP contribution >= 0.6 is 0 Å². The van der Waals surface area contributed by atoms with Crippen LogP contribution in [-0.4, -0.2) is 17.5 Å². The van der Waals surface area contributed by atoms with Crippen molar-refractivity contribution in [3.05, 3.63) is 29.8 Å². The van der Waals surface area contributed by atoms with Crippen molar-refractivity contribution in [1.29, 1.82) is 0 Å². The molecule has 1 heterocycles. The van der Waals surface area contributed by atoms with Crippen molar-refractivity contribution in [1.82, 2.24) is 5.43 Å². The zero-order valence-corrected chi connectivity index (χ0v) is 13.7. The first-order valence-electron chi connectivity index (χ1n) is 8.26. The SMILES string of the molecule is CC1CC(=O)NN=C1c1ccc(NC(=O)C2(C)CCCC2)cc1. The van der Waals surface area contributed by atoms with E-state index in [9.17, 15) is 9.59 Å². The number of amides is 2. The number of rotatable bonds is 3. The molecule has 1 saturated carbocycles. The minimum absolute atomic E-state index is 0.0464. The fourth-order valence-corrected chi connectivity index (χ4v) is 3.39. The van der Waals surface area contributed by atoms with Crippen molar-refractivity contribution in [2.24, 2.45) is 16.4 Å². The quantitative estimate of drug-likeness (QED) is 0.900. The average Bonchev–Trinajstić information content (AvgIpc) is 2.97. The Balaban J connectivity index is 1.70. The number of hydrogen-bond acceptors (Lipinski definition) is 3. The first-order chi connectivity index (χ1) is 11.0. The number of carbonyl (C=O) groups excluding carboxylic acids is 2. The standard InChI is InChI=1S/C18H23N3O2/c1-12-11-15(22)20-21-16(12)13-5-7-14(8-6-13)19-17(23)18(2)9-3-4-10-18/h5-8,12H,3-4,9-11H2,1-2H3,(H,19,23)(H,20,22). The molecule has 1 aromatic rings. The van der Waals surface area contributed by atoms with Gasteiger partial charge in [-0.1, -0.05) is 38.8 Å². The minimum atomic E-state index is -0.231. The van der Waals surface area contributed by atoms with Gasteiger partial charge in [0.2, 0.25) is 11.8 Å². The Morgan fingerprint density at radius 2 is 1.91 bits per heavy atom. The average molecular weight is 313 g/mol. The molecule has 1 fully saturated rings. The second kappa shape index (κ2) is 6.14. The molecule has 3 rings (SSSR count). The van der Waals surface area contributed by atoms with Crippen LogP contribution in [0, 0.1) is 11.3 Å². The maximum absolute atomic E-state index is 12.4. The van der Waals surface area contributed by atoms with Gasteiger partial charge in [-0.3, -0.25) is 9.59 Å². The maximum Gasteiger partial charge on any atom is 0.240 e. The topological polar surface area (TPSA) is 70.6 Å². The van der Waals surface area contributed by atoms with Gasteiger partial charge < -0.3 is 5.32 Å². The van der Waals surface area contributed by atoms with E-state index in [1.807, 2.05) is 38.1 Å². The summed E-state index contributed by atoms with van der Waals surface area (Å²) in [5.41, 5.74) is 4.96. The molecule has 0 spiro atoms. The molecule has 1 aliphatic carbocycles. The summed E-state index contributed by atoms with van der Waals surface area (Å²) < 4.78 is 0. The third-order valence-electron chi connectivity index (χ3n) is 4.95. The number of carbonyl (C=O) groups is 2. The number of anilines is 1.